The Balaban J connectivity index is 1.78. The van der Waals surface area contributed by atoms with Gasteiger partial charge in [0.1, 0.15) is 5.69 Å². The maximum Gasteiger partial charge on any atom is 0.273 e. The molecule has 1 aliphatic carbocycles. The molecule has 0 saturated heterocycles. The first-order valence-corrected chi connectivity index (χ1v) is 9.08. The molecule has 0 spiro atoms. The number of hydrogen-bond acceptors (Lipinski definition) is 5. The SMILES string of the molecule is CCO[C@H]1C[C@H](N(C)C(=O)c2nc(-c3ccco3)sc2C)C1(C)C. The van der Waals surface area contributed by atoms with E-state index in [0.717, 1.165) is 16.3 Å². The van der Waals surface area contributed by atoms with Gasteiger partial charge in [0.15, 0.2) is 10.8 Å². The monoisotopic (exact) mass is 348 g/mol. The van der Waals surface area contributed by atoms with Gasteiger partial charge < -0.3 is 14.1 Å². The number of thiazole rings is 1. The third-order valence-electron chi connectivity index (χ3n) is 5.01. The molecule has 0 aliphatic heterocycles. The molecule has 3 rings (SSSR count). The van der Waals surface area contributed by atoms with Gasteiger partial charge in [0.25, 0.3) is 5.91 Å². The van der Waals surface area contributed by atoms with Crippen molar-refractivity contribution in [3.63, 3.8) is 0 Å². The van der Waals surface area contributed by atoms with E-state index in [1.165, 1.54) is 11.3 Å². The summed E-state index contributed by atoms with van der Waals surface area (Å²) in [5.74, 6) is 0.666. The van der Waals surface area contributed by atoms with Crippen LogP contribution in [0.5, 0.6) is 0 Å². The number of amides is 1. The molecule has 5 nitrogen and oxygen atoms in total. The van der Waals surface area contributed by atoms with Crippen LogP contribution in [0.15, 0.2) is 22.8 Å². The molecule has 1 amide bonds. The Kier molecular flexibility index (Phi) is 4.53. The highest BCUT2D eigenvalue weighted by Gasteiger charge is 2.52. The zero-order valence-electron chi connectivity index (χ0n) is 14.8. The zero-order chi connectivity index (χ0) is 17.5. The maximum absolute atomic E-state index is 12.9. The predicted octanol–water partition coefficient (Wildman–Crippen LogP) is 3.99. The highest BCUT2D eigenvalue weighted by molar-refractivity contribution is 7.15. The van der Waals surface area contributed by atoms with Gasteiger partial charge in [0.2, 0.25) is 0 Å². The summed E-state index contributed by atoms with van der Waals surface area (Å²) in [7, 11) is 1.86. The Morgan fingerprint density at radius 3 is 2.88 bits per heavy atom. The molecule has 0 unspecified atom stereocenters. The molecule has 1 saturated carbocycles. The summed E-state index contributed by atoms with van der Waals surface area (Å²) in [6, 6.07) is 3.84. The fraction of sp³-hybridized carbons (Fsp3) is 0.556. The number of aryl methyl sites for hydroxylation is 1. The van der Waals surface area contributed by atoms with Crippen molar-refractivity contribution < 1.29 is 13.9 Å². The largest absolute Gasteiger partial charge is 0.462 e. The van der Waals surface area contributed by atoms with Gasteiger partial charge in [-0.15, -0.1) is 11.3 Å². The van der Waals surface area contributed by atoms with Crippen molar-refractivity contribution in [3.05, 3.63) is 29.0 Å². The van der Waals surface area contributed by atoms with E-state index in [0.29, 0.717) is 18.1 Å². The number of carbonyl (C=O) groups is 1. The van der Waals surface area contributed by atoms with E-state index >= 15 is 0 Å². The van der Waals surface area contributed by atoms with Crippen LogP contribution in [0.3, 0.4) is 0 Å². The average Bonchev–Trinajstić information content (AvgIpc) is 3.19. The molecule has 0 radical (unpaired) electrons. The fourth-order valence-corrected chi connectivity index (χ4v) is 4.29. The predicted molar refractivity (Wildman–Crippen MR) is 94.2 cm³/mol. The first-order chi connectivity index (χ1) is 11.4. The first kappa shape index (κ1) is 17.2. The van der Waals surface area contributed by atoms with Crippen LogP contribution in [-0.4, -0.2) is 41.6 Å². The summed E-state index contributed by atoms with van der Waals surface area (Å²) in [5.41, 5.74) is 0.471. The van der Waals surface area contributed by atoms with Gasteiger partial charge in [-0.1, -0.05) is 13.8 Å². The summed E-state index contributed by atoms with van der Waals surface area (Å²) in [6.07, 6.45) is 2.69. The van der Waals surface area contributed by atoms with Gasteiger partial charge in [-0.05, 0) is 32.4 Å². The quantitative estimate of drug-likeness (QED) is 0.820. The third-order valence-corrected chi connectivity index (χ3v) is 6.00. The first-order valence-electron chi connectivity index (χ1n) is 8.26. The molecule has 2 heterocycles. The zero-order valence-corrected chi connectivity index (χ0v) is 15.6. The Morgan fingerprint density at radius 2 is 2.29 bits per heavy atom. The van der Waals surface area contributed by atoms with E-state index in [1.807, 2.05) is 37.9 Å². The lowest BCUT2D eigenvalue weighted by Crippen LogP contribution is -2.62. The molecule has 0 N–H and O–H groups in total. The van der Waals surface area contributed by atoms with Gasteiger partial charge in [0, 0.05) is 30.0 Å². The van der Waals surface area contributed by atoms with E-state index in [-0.39, 0.29) is 23.5 Å². The number of carbonyl (C=O) groups excluding carboxylic acids is 1. The van der Waals surface area contributed by atoms with Gasteiger partial charge >= 0.3 is 0 Å². The number of aromatic nitrogens is 1. The lowest BCUT2D eigenvalue weighted by Gasteiger charge is -2.54. The van der Waals surface area contributed by atoms with Crippen molar-refractivity contribution in [2.75, 3.05) is 13.7 Å². The topological polar surface area (TPSA) is 55.6 Å². The molecular formula is C18H24N2O3S. The van der Waals surface area contributed by atoms with E-state index in [9.17, 15) is 4.79 Å². The Hall–Kier alpha value is -1.66. The third kappa shape index (κ3) is 2.78. The molecule has 2 atom stereocenters. The number of rotatable bonds is 5. The number of hydrogen-bond donors (Lipinski definition) is 0. The molecule has 6 heteroatoms. The molecule has 24 heavy (non-hydrogen) atoms. The van der Waals surface area contributed by atoms with Crippen molar-refractivity contribution in [3.8, 4) is 10.8 Å². The summed E-state index contributed by atoms with van der Waals surface area (Å²) in [6.45, 7) is 8.96. The van der Waals surface area contributed by atoms with E-state index in [1.54, 1.807) is 6.26 Å². The van der Waals surface area contributed by atoms with E-state index in [2.05, 4.69) is 18.8 Å². The highest BCUT2D eigenvalue weighted by atomic mass is 32.1. The Bertz CT molecular complexity index is 721. The van der Waals surface area contributed by atoms with E-state index in [4.69, 9.17) is 9.15 Å². The second-order valence-corrected chi connectivity index (χ2v) is 8.04. The second-order valence-electron chi connectivity index (χ2n) is 6.83. The number of nitrogens with zero attached hydrogens (tertiary/aromatic N) is 2. The lowest BCUT2D eigenvalue weighted by molar-refractivity contribution is -0.136. The van der Waals surface area contributed by atoms with Crippen LogP contribution >= 0.6 is 11.3 Å². The fourth-order valence-electron chi connectivity index (χ4n) is 3.41. The molecule has 1 aliphatic rings. The van der Waals surface area contributed by atoms with Crippen molar-refractivity contribution >= 4 is 17.2 Å². The van der Waals surface area contributed by atoms with Crippen LogP contribution in [0, 0.1) is 12.3 Å². The van der Waals surface area contributed by atoms with Crippen LogP contribution in [0.25, 0.3) is 10.8 Å². The van der Waals surface area contributed by atoms with Gasteiger partial charge in [0.05, 0.1) is 12.4 Å². The Morgan fingerprint density at radius 1 is 1.54 bits per heavy atom. The van der Waals surface area contributed by atoms with Crippen LogP contribution < -0.4 is 0 Å². The van der Waals surface area contributed by atoms with Crippen molar-refractivity contribution in [1.29, 1.82) is 0 Å². The van der Waals surface area contributed by atoms with Gasteiger partial charge in [-0.2, -0.15) is 0 Å². The van der Waals surface area contributed by atoms with Crippen molar-refractivity contribution in [1.82, 2.24) is 9.88 Å². The molecule has 130 valence electrons. The minimum atomic E-state index is -0.0474. The number of ether oxygens (including phenoxy) is 1. The van der Waals surface area contributed by atoms with Gasteiger partial charge in [-0.3, -0.25) is 4.79 Å². The standard InChI is InChI=1S/C18H24N2O3S/c1-6-22-14-10-13(18(14,3)4)20(5)17(21)15-11(2)24-16(19-15)12-8-7-9-23-12/h7-9,13-14H,6,10H2,1-5H3/t13-,14-/m0/s1. The average molecular weight is 348 g/mol. The second kappa shape index (κ2) is 6.33. The maximum atomic E-state index is 12.9. The summed E-state index contributed by atoms with van der Waals surface area (Å²) in [4.78, 5) is 20.2. The van der Waals surface area contributed by atoms with Crippen molar-refractivity contribution in [2.45, 2.75) is 46.3 Å². The minimum Gasteiger partial charge on any atom is -0.462 e. The Labute approximate surface area is 146 Å². The molecular weight excluding hydrogens is 324 g/mol. The molecule has 0 aromatic carbocycles. The molecule has 1 fully saturated rings. The van der Waals surface area contributed by atoms with Gasteiger partial charge in [-0.25, -0.2) is 4.98 Å². The molecule has 2 aromatic heterocycles. The smallest absolute Gasteiger partial charge is 0.273 e. The number of furan rings is 1. The molecule has 0 bridgehead atoms. The van der Waals surface area contributed by atoms with Crippen LogP contribution in [0.2, 0.25) is 0 Å². The van der Waals surface area contributed by atoms with E-state index < -0.39 is 0 Å². The van der Waals surface area contributed by atoms with Crippen LogP contribution in [-0.2, 0) is 4.74 Å². The summed E-state index contributed by atoms with van der Waals surface area (Å²) < 4.78 is 11.2. The normalized spacial score (nSPS) is 22.2. The van der Waals surface area contributed by atoms with Crippen LogP contribution in [0.1, 0.15) is 42.6 Å². The lowest BCUT2D eigenvalue weighted by atomic mass is 9.63. The van der Waals surface area contributed by atoms with Crippen molar-refractivity contribution in [2.24, 2.45) is 5.41 Å². The summed E-state index contributed by atoms with van der Waals surface area (Å²) >= 11 is 1.49. The molecule has 2 aromatic rings. The highest BCUT2D eigenvalue weighted by Crippen LogP contribution is 2.46. The minimum absolute atomic E-state index is 0.0328. The van der Waals surface area contributed by atoms with Crippen LogP contribution in [0.4, 0.5) is 0 Å². The summed E-state index contributed by atoms with van der Waals surface area (Å²) in [5, 5.41) is 0.745.